The molecule has 0 unspecified atom stereocenters. The van der Waals surface area contributed by atoms with Crippen LogP contribution in [0, 0.1) is 0 Å². The summed E-state index contributed by atoms with van der Waals surface area (Å²) in [5, 5.41) is 8.36. The maximum Gasteiger partial charge on any atom is 0.303 e. The number of carbonyl (C=O) groups excluding carboxylic acids is 1. The van der Waals surface area contributed by atoms with E-state index in [2.05, 4.69) is 4.99 Å². The molecule has 7 N–H and O–H groups in total. The Balaban J connectivity index is 0. The van der Waals surface area contributed by atoms with E-state index < -0.39 is 11.9 Å². The molecule has 1 amide bonds. The summed E-state index contributed by atoms with van der Waals surface area (Å²) in [6.07, 6.45) is 4.33. The minimum absolute atomic E-state index is 0.0559. The maximum atomic E-state index is 12.1. The lowest BCUT2D eigenvalue weighted by Gasteiger charge is -2.03. The molecule has 0 aliphatic rings. The second kappa shape index (κ2) is 15.5. The quantitative estimate of drug-likeness (QED) is 0.198. The highest BCUT2D eigenvalue weighted by Crippen LogP contribution is 2.01. The Morgan fingerprint density at radius 2 is 1.68 bits per heavy atom. The van der Waals surface area contributed by atoms with E-state index in [0.717, 1.165) is 26.3 Å². The predicted molar refractivity (Wildman–Crippen MR) is 83.6 cm³/mol. The number of halogens is 1. The zero-order valence-corrected chi connectivity index (χ0v) is 13.1. The van der Waals surface area contributed by atoms with Gasteiger partial charge in [0.25, 0.3) is 0 Å². The summed E-state index contributed by atoms with van der Waals surface area (Å²) in [5.74, 6) is -1.18. The van der Waals surface area contributed by atoms with Crippen LogP contribution >= 0.6 is 0 Å². The summed E-state index contributed by atoms with van der Waals surface area (Å²) in [6, 6.07) is 0. The third kappa shape index (κ3) is 20.4. The molecule has 0 saturated heterocycles. The number of carboxylic acid groups (broad SMARTS) is 1. The first-order valence-corrected chi connectivity index (χ1v) is 7.20. The minimum Gasteiger partial charge on any atom is -0.481 e. The third-order valence-electron chi connectivity index (χ3n) is 2.53. The second-order valence-corrected chi connectivity index (χ2v) is 4.63. The van der Waals surface area contributed by atoms with Gasteiger partial charge in [-0.25, -0.2) is 0 Å². The van der Waals surface area contributed by atoms with E-state index >= 15 is 0 Å². The van der Waals surface area contributed by atoms with Crippen LogP contribution in [0.5, 0.6) is 0 Å². The fourth-order valence-corrected chi connectivity index (χ4v) is 1.35. The van der Waals surface area contributed by atoms with Gasteiger partial charge in [-0.05, 0) is 32.2 Å². The first-order chi connectivity index (χ1) is 10.3. The van der Waals surface area contributed by atoms with Gasteiger partial charge in [-0.3, -0.25) is 14.6 Å². The Hall–Kier alpha value is -1.90. The number of rotatable bonds is 10. The van der Waals surface area contributed by atoms with Crippen LogP contribution in [0.1, 0.15) is 44.9 Å². The molecule has 0 aromatic carbocycles. The van der Waals surface area contributed by atoms with Crippen molar-refractivity contribution >= 4 is 17.8 Å². The van der Waals surface area contributed by atoms with Crippen molar-refractivity contribution < 1.29 is 19.2 Å². The molecule has 0 aromatic rings. The molecule has 0 saturated carbocycles. The van der Waals surface area contributed by atoms with Crippen molar-refractivity contribution in [1.82, 2.24) is 5.12 Å². The topological polar surface area (TPSA) is 148 Å². The van der Waals surface area contributed by atoms with Crippen molar-refractivity contribution in [2.45, 2.75) is 44.9 Å². The van der Waals surface area contributed by atoms with E-state index in [9.17, 15) is 14.1 Å². The number of nitrogens with two attached hydrogens (primary N) is 3. The zero-order valence-electron chi connectivity index (χ0n) is 13.1. The molecular weight excluding hydrogens is 293 g/mol. The Morgan fingerprint density at radius 1 is 1.09 bits per heavy atom. The van der Waals surface area contributed by atoms with Crippen LogP contribution in [0.15, 0.2) is 4.99 Å². The first kappa shape index (κ1) is 22.4. The van der Waals surface area contributed by atoms with Crippen molar-refractivity contribution in [3.05, 3.63) is 0 Å². The summed E-state index contributed by atoms with van der Waals surface area (Å²) in [6.45, 7) is 1.15. The van der Waals surface area contributed by atoms with Crippen LogP contribution in [0.2, 0.25) is 0 Å². The number of carboxylic acids is 1. The molecule has 8 nitrogen and oxygen atoms in total. The van der Waals surface area contributed by atoms with E-state index in [1.165, 1.54) is 0 Å². The number of hydrogen-bond acceptors (Lipinski definition) is 4. The minimum atomic E-state index is -0.783. The SMILES string of the molecule is CN(F)C(=O)CCCCCN.NC(N)=NCCCCC(=O)O. The van der Waals surface area contributed by atoms with E-state index in [0.29, 0.717) is 25.9 Å². The highest BCUT2D eigenvalue weighted by Gasteiger charge is 2.05. The fraction of sp³-hybridized carbons (Fsp3) is 0.769. The molecule has 0 rings (SSSR count). The van der Waals surface area contributed by atoms with Gasteiger partial charge in [-0.1, -0.05) is 10.9 Å². The third-order valence-corrected chi connectivity index (χ3v) is 2.53. The normalized spacial score (nSPS) is 9.41. The average molecular weight is 321 g/mol. The maximum absolute atomic E-state index is 12.1. The molecular formula is C13H28FN5O3. The number of aliphatic carboxylic acids is 1. The second-order valence-electron chi connectivity index (χ2n) is 4.63. The van der Waals surface area contributed by atoms with Gasteiger partial charge in [-0.15, -0.1) is 0 Å². The van der Waals surface area contributed by atoms with Gasteiger partial charge in [0.05, 0.1) is 0 Å². The van der Waals surface area contributed by atoms with Crippen LogP contribution < -0.4 is 17.2 Å². The highest BCUT2D eigenvalue weighted by atomic mass is 19.2. The Morgan fingerprint density at radius 3 is 2.14 bits per heavy atom. The lowest BCUT2D eigenvalue weighted by atomic mass is 10.2. The van der Waals surface area contributed by atoms with Crippen LogP contribution in [-0.4, -0.2) is 48.2 Å². The lowest BCUT2D eigenvalue weighted by molar-refractivity contribution is -0.143. The van der Waals surface area contributed by atoms with Gasteiger partial charge in [0.1, 0.15) is 0 Å². The summed E-state index contributed by atoms with van der Waals surface area (Å²) in [5.41, 5.74) is 15.3. The number of aliphatic imine (C=N–C) groups is 1. The van der Waals surface area contributed by atoms with E-state index in [4.69, 9.17) is 22.3 Å². The molecule has 0 bridgehead atoms. The van der Waals surface area contributed by atoms with Crippen LogP contribution in [-0.2, 0) is 9.59 Å². The van der Waals surface area contributed by atoms with Crippen LogP contribution in [0.4, 0.5) is 4.48 Å². The molecule has 0 spiro atoms. The average Bonchev–Trinajstić information content (AvgIpc) is 2.43. The van der Waals surface area contributed by atoms with Gasteiger partial charge in [0.15, 0.2) is 5.96 Å². The number of nitrogens with zero attached hydrogens (tertiary/aromatic N) is 2. The number of carbonyl (C=O) groups is 2. The van der Waals surface area contributed by atoms with Crippen molar-refractivity contribution in [1.29, 1.82) is 0 Å². The molecule has 9 heteroatoms. The Kier molecular flexibility index (Phi) is 15.8. The van der Waals surface area contributed by atoms with Crippen LogP contribution in [0.3, 0.4) is 0 Å². The smallest absolute Gasteiger partial charge is 0.303 e. The number of hydrogen-bond donors (Lipinski definition) is 4. The number of guanidine groups is 1. The summed E-state index contributed by atoms with van der Waals surface area (Å²) in [4.78, 5) is 24.3. The lowest BCUT2D eigenvalue weighted by Crippen LogP contribution is -2.22. The molecule has 0 atom stereocenters. The standard InChI is InChI=1S/C7H15FN2O.C6H13N3O2/c1-10(8)7(11)5-3-2-4-6-9;7-6(8)9-4-2-1-3-5(10)11/h2-6,9H2,1H3;1-4H2,(H,10,11)(H4,7,8,9). The molecule has 130 valence electrons. The Labute approximate surface area is 130 Å². The molecule has 0 fully saturated rings. The van der Waals surface area contributed by atoms with Gasteiger partial charge in [0.2, 0.25) is 5.91 Å². The zero-order chi connectivity index (χ0) is 17.4. The molecule has 22 heavy (non-hydrogen) atoms. The molecule has 0 aromatic heterocycles. The van der Waals surface area contributed by atoms with E-state index in [-0.39, 0.29) is 23.9 Å². The van der Waals surface area contributed by atoms with Gasteiger partial charge < -0.3 is 22.3 Å². The first-order valence-electron chi connectivity index (χ1n) is 7.20. The monoisotopic (exact) mass is 321 g/mol. The summed E-state index contributed by atoms with van der Waals surface area (Å²) >= 11 is 0. The predicted octanol–water partition coefficient (Wildman–Crippen LogP) is 0.363. The van der Waals surface area contributed by atoms with Gasteiger partial charge in [0, 0.05) is 26.4 Å². The van der Waals surface area contributed by atoms with Crippen molar-refractivity contribution in [2.75, 3.05) is 20.1 Å². The van der Waals surface area contributed by atoms with Crippen molar-refractivity contribution in [3.8, 4) is 0 Å². The number of unbranched alkanes of at least 4 members (excludes halogenated alkanes) is 3. The largest absolute Gasteiger partial charge is 0.481 e. The Bertz CT molecular complexity index is 334. The summed E-state index contributed by atoms with van der Waals surface area (Å²) < 4.78 is 12.1. The van der Waals surface area contributed by atoms with Crippen molar-refractivity contribution in [3.63, 3.8) is 0 Å². The van der Waals surface area contributed by atoms with Crippen LogP contribution in [0.25, 0.3) is 0 Å². The highest BCUT2D eigenvalue weighted by molar-refractivity contribution is 5.75. The fourth-order valence-electron chi connectivity index (χ4n) is 1.35. The van der Waals surface area contributed by atoms with E-state index in [1.54, 1.807) is 0 Å². The van der Waals surface area contributed by atoms with Gasteiger partial charge >= 0.3 is 5.97 Å². The van der Waals surface area contributed by atoms with Crippen molar-refractivity contribution in [2.24, 2.45) is 22.2 Å². The molecule has 0 aliphatic carbocycles. The summed E-state index contributed by atoms with van der Waals surface area (Å²) in [7, 11) is 1.12. The molecule has 0 aliphatic heterocycles. The number of amides is 1. The molecule has 0 radical (unpaired) electrons. The molecule has 0 heterocycles. The van der Waals surface area contributed by atoms with Gasteiger partial charge in [-0.2, -0.15) is 5.12 Å². The van der Waals surface area contributed by atoms with E-state index in [1.807, 2.05) is 0 Å².